The van der Waals surface area contributed by atoms with E-state index >= 15 is 0 Å². The Hall–Kier alpha value is -2.86. The normalized spacial score (nSPS) is 15.3. The van der Waals surface area contributed by atoms with Crippen LogP contribution >= 0.6 is 15.9 Å². The molecule has 0 atom stereocenters. The van der Waals surface area contributed by atoms with Crippen molar-refractivity contribution in [2.24, 2.45) is 0 Å². The number of halogens is 1. The third-order valence-corrected chi connectivity index (χ3v) is 6.41. The minimum absolute atomic E-state index is 0.148. The van der Waals surface area contributed by atoms with Crippen LogP contribution in [0, 0.1) is 0 Å². The monoisotopic (exact) mass is 480 g/mol. The van der Waals surface area contributed by atoms with Crippen molar-refractivity contribution in [3.8, 4) is 0 Å². The molecule has 2 amide bonds. The summed E-state index contributed by atoms with van der Waals surface area (Å²) < 4.78 is 6.51. The van der Waals surface area contributed by atoms with Crippen molar-refractivity contribution in [3.63, 3.8) is 0 Å². The van der Waals surface area contributed by atoms with Gasteiger partial charge in [-0.1, -0.05) is 53.4 Å². The van der Waals surface area contributed by atoms with Gasteiger partial charge < -0.3 is 14.6 Å². The number of nitrogens with one attached hydrogen (secondary N) is 1. The van der Waals surface area contributed by atoms with Crippen LogP contribution in [-0.4, -0.2) is 22.3 Å². The average Bonchev–Trinajstić information content (AvgIpc) is 3.33. The summed E-state index contributed by atoms with van der Waals surface area (Å²) in [4.78, 5) is 29.1. The van der Waals surface area contributed by atoms with E-state index < -0.39 is 5.54 Å². The van der Waals surface area contributed by atoms with Gasteiger partial charge in [0.05, 0.1) is 12.8 Å². The highest BCUT2D eigenvalue weighted by Crippen LogP contribution is 2.37. The van der Waals surface area contributed by atoms with Gasteiger partial charge in [-0.3, -0.25) is 9.59 Å². The second kappa shape index (κ2) is 9.52. The molecule has 3 aromatic rings. The molecule has 1 aliphatic rings. The molecule has 1 fully saturated rings. The summed E-state index contributed by atoms with van der Waals surface area (Å²) in [6.07, 6.45) is 5.68. The molecule has 6 heteroatoms. The molecule has 31 heavy (non-hydrogen) atoms. The van der Waals surface area contributed by atoms with E-state index in [0.29, 0.717) is 29.9 Å². The van der Waals surface area contributed by atoms with Crippen LogP contribution in [0.4, 0.5) is 5.69 Å². The van der Waals surface area contributed by atoms with E-state index in [-0.39, 0.29) is 18.4 Å². The maximum absolute atomic E-state index is 13.7. The summed E-state index contributed by atoms with van der Waals surface area (Å²) in [6, 6.07) is 20.3. The minimum atomic E-state index is -0.939. The zero-order valence-electron chi connectivity index (χ0n) is 17.2. The van der Waals surface area contributed by atoms with Crippen LogP contribution in [0.25, 0.3) is 0 Å². The number of carbonyl (C=O) groups is 2. The van der Waals surface area contributed by atoms with Crippen LogP contribution in [0.5, 0.6) is 0 Å². The highest BCUT2D eigenvalue weighted by Gasteiger charge is 2.47. The lowest BCUT2D eigenvalue weighted by molar-refractivity contribution is -0.129. The number of benzene rings is 2. The van der Waals surface area contributed by atoms with Crippen molar-refractivity contribution in [1.82, 2.24) is 4.90 Å². The van der Waals surface area contributed by atoms with Crippen LogP contribution < -0.4 is 5.32 Å². The van der Waals surface area contributed by atoms with E-state index in [1.807, 2.05) is 48.5 Å². The molecule has 0 unspecified atom stereocenters. The molecular weight excluding hydrogens is 456 g/mol. The molecule has 1 N–H and O–H groups in total. The van der Waals surface area contributed by atoms with Crippen LogP contribution in [0.1, 0.15) is 48.2 Å². The van der Waals surface area contributed by atoms with E-state index in [2.05, 4.69) is 21.2 Å². The minimum Gasteiger partial charge on any atom is -0.467 e. The molecule has 160 valence electrons. The molecule has 0 spiro atoms. The van der Waals surface area contributed by atoms with Crippen molar-refractivity contribution < 1.29 is 14.0 Å². The summed E-state index contributed by atoms with van der Waals surface area (Å²) in [6.45, 7) is 0.245. The van der Waals surface area contributed by atoms with E-state index in [1.54, 1.807) is 29.4 Å². The lowest BCUT2D eigenvalue weighted by Gasteiger charge is -2.44. The topological polar surface area (TPSA) is 62.6 Å². The fourth-order valence-electron chi connectivity index (χ4n) is 4.25. The quantitative estimate of drug-likeness (QED) is 0.468. The van der Waals surface area contributed by atoms with Gasteiger partial charge in [0, 0.05) is 15.7 Å². The van der Waals surface area contributed by atoms with Crippen molar-refractivity contribution >= 4 is 33.4 Å². The summed E-state index contributed by atoms with van der Waals surface area (Å²) in [5, 5.41) is 3.06. The lowest BCUT2D eigenvalue weighted by atomic mass is 9.78. The predicted molar refractivity (Wildman–Crippen MR) is 124 cm³/mol. The van der Waals surface area contributed by atoms with Crippen LogP contribution in [0.3, 0.4) is 0 Å². The van der Waals surface area contributed by atoms with Gasteiger partial charge >= 0.3 is 0 Å². The Labute approximate surface area is 190 Å². The molecule has 0 bridgehead atoms. The van der Waals surface area contributed by atoms with Crippen LogP contribution in [0.2, 0.25) is 0 Å². The predicted octanol–water partition coefficient (Wildman–Crippen LogP) is 6.03. The Kier molecular flexibility index (Phi) is 6.56. The van der Waals surface area contributed by atoms with E-state index in [1.165, 1.54) is 0 Å². The summed E-state index contributed by atoms with van der Waals surface area (Å²) in [5.74, 6) is 0.348. The third kappa shape index (κ3) is 4.74. The van der Waals surface area contributed by atoms with Crippen molar-refractivity contribution in [3.05, 3.63) is 88.8 Å². The number of carbonyl (C=O) groups excluding carboxylic acids is 2. The number of nitrogens with zero attached hydrogens (tertiary/aromatic N) is 1. The smallest absolute Gasteiger partial charge is 0.255 e. The molecule has 1 heterocycles. The number of anilines is 1. The maximum atomic E-state index is 13.7. The molecule has 1 saturated carbocycles. The number of rotatable bonds is 6. The van der Waals surface area contributed by atoms with Gasteiger partial charge in [0.25, 0.3) is 5.91 Å². The number of hydrogen-bond acceptors (Lipinski definition) is 3. The third-order valence-electron chi connectivity index (χ3n) is 5.88. The Morgan fingerprint density at radius 2 is 1.65 bits per heavy atom. The molecular formula is C25H25BrN2O3. The van der Waals surface area contributed by atoms with Crippen LogP contribution in [0.15, 0.2) is 81.9 Å². The molecule has 1 aliphatic carbocycles. The van der Waals surface area contributed by atoms with Gasteiger partial charge in [-0.05, 0) is 61.4 Å². The maximum Gasteiger partial charge on any atom is 0.255 e. The van der Waals surface area contributed by atoms with Crippen molar-refractivity contribution in [1.29, 1.82) is 0 Å². The molecule has 0 aliphatic heterocycles. The van der Waals surface area contributed by atoms with Crippen LogP contribution in [-0.2, 0) is 11.3 Å². The standard InChI is InChI=1S/C25H25BrN2O3/c26-20-11-13-21(14-12-20)27-24(30)25(15-5-2-6-16-25)28(18-22-10-7-17-31-22)23(29)19-8-3-1-4-9-19/h1,3-4,7-14,17H,2,5-6,15-16,18H2,(H,27,30). The second-order valence-electron chi connectivity index (χ2n) is 7.89. The number of hydrogen-bond donors (Lipinski definition) is 1. The SMILES string of the molecule is O=C(c1ccccc1)N(Cc1ccco1)C1(C(=O)Nc2ccc(Br)cc2)CCCCC1. The van der Waals surface area contributed by atoms with Gasteiger partial charge in [0.1, 0.15) is 11.3 Å². The van der Waals surface area contributed by atoms with E-state index in [0.717, 1.165) is 23.7 Å². The Morgan fingerprint density at radius 1 is 0.935 bits per heavy atom. The first-order valence-electron chi connectivity index (χ1n) is 10.5. The van der Waals surface area contributed by atoms with Gasteiger partial charge in [-0.15, -0.1) is 0 Å². The fourth-order valence-corrected chi connectivity index (χ4v) is 4.51. The number of amides is 2. The summed E-state index contributed by atoms with van der Waals surface area (Å²) >= 11 is 3.42. The first-order chi connectivity index (χ1) is 15.1. The van der Waals surface area contributed by atoms with Gasteiger partial charge in [-0.25, -0.2) is 0 Å². The molecule has 4 rings (SSSR count). The first-order valence-corrected chi connectivity index (χ1v) is 11.3. The van der Waals surface area contributed by atoms with Crippen molar-refractivity contribution in [2.45, 2.75) is 44.2 Å². The van der Waals surface area contributed by atoms with E-state index in [4.69, 9.17) is 4.42 Å². The van der Waals surface area contributed by atoms with Gasteiger partial charge in [0.2, 0.25) is 5.91 Å². The fraction of sp³-hybridized carbons (Fsp3) is 0.280. The summed E-state index contributed by atoms with van der Waals surface area (Å²) in [5.41, 5.74) is 0.337. The summed E-state index contributed by atoms with van der Waals surface area (Å²) in [7, 11) is 0. The molecule has 2 aromatic carbocycles. The molecule has 5 nitrogen and oxygen atoms in total. The van der Waals surface area contributed by atoms with Gasteiger partial charge in [-0.2, -0.15) is 0 Å². The lowest BCUT2D eigenvalue weighted by Crippen LogP contribution is -2.59. The Morgan fingerprint density at radius 3 is 2.29 bits per heavy atom. The highest BCUT2D eigenvalue weighted by atomic mass is 79.9. The highest BCUT2D eigenvalue weighted by molar-refractivity contribution is 9.10. The zero-order valence-corrected chi connectivity index (χ0v) is 18.8. The Bertz CT molecular complexity index is 1010. The van der Waals surface area contributed by atoms with Crippen molar-refractivity contribution in [2.75, 3.05) is 5.32 Å². The average molecular weight is 481 g/mol. The molecule has 0 saturated heterocycles. The van der Waals surface area contributed by atoms with E-state index in [9.17, 15) is 9.59 Å². The first kappa shape index (κ1) is 21.4. The zero-order chi connectivity index (χ0) is 21.7. The number of furan rings is 1. The largest absolute Gasteiger partial charge is 0.467 e. The van der Waals surface area contributed by atoms with Gasteiger partial charge in [0.15, 0.2) is 0 Å². The molecule has 1 aromatic heterocycles. The second-order valence-corrected chi connectivity index (χ2v) is 8.81. The molecule has 0 radical (unpaired) electrons. The Balaban J connectivity index is 1.71.